The van der Waals surface area contributed by atoms with E-state index in [4.69, 9.17) is 20.9 Å². The second kappa shape index (κ2) is 8.66. The standard InChI is InChI=1S/C22H22ClN3O3/c1-28-19-10-3-2-6-15(19)11-12-20(27)26-13-5-9-18(26)22-24-21(25-29-22)16-7-4-8-17(23)14-16/h2-4,6-8,10,14,18H,5,9,11-13H2,1H3. The van der Waals surface area contributed by atoms with Crippen molar-refractivity contribution < 1.29 is 14.1 Å². The lowest BCUT2D eigenvalue weighted by atomic mass is 10.1. The second-order valence-electron chi connectivity index (χ2n) is 7.02. The number of methoxy groups -OCH3 is 1. The molecule has 0 spiro atoms. The van der Waals surface area contributed by atoms with E-state index in [1.165, 1.54) is 0 Å². The van der Waals surface area contributed by atoms with Crippen molar-refractivity contribution in [2.45, 2.75) is 31.7 Å². The SMILES string of the molecule is COc1ccccc1CCC(=O)N1CCCC1c1nc(-c2cccc(Cl)c2)no1. The van der Waals surface area contributed by atoms with Gasteiger partial charge in [-0.3, -0.25) is 4.79 Å². The van der Waals surface area contributed by atoms with Gasteiger partial charge >= 0.3 is 0 Å². The van der Waals surface area contributed by atoms with E-state index in [9.17, 15) is 4.79 Å². The molecule has 1 aromatic heterocycles. The Balaban J connectivity index is 1.46. The normalized spacial score (nSPS) is 16.2. The third-order valence-corrected chi connectivity index (χ3v) is 5.42. The van der Waals surface area contributed by atoms with E-state index in [0.717, 1.165) is 29.7 Å². The maximum atomic E-state index is 12.9. The molecule has 0 bridgehead atoms. The second-order valence-corrected chi connectivity index (χ2v) is 7.46. The predicted octanol–water partition coefficient (Wildman–Crippen LogP) is 4.69. The number of ether oxygens (including phenoxy) is 1. The molecule has 1 unspecified atom stereocenters. The van der Waals surface area contributed by atoms with Crippen molar-refractivity contribution >= 4 is 17.5 Å². The van der Waals surface area contributed by atoms with Crippen LogP contribution in [0, 0.1) is 0 Å². The number of benzene rings is 2. The number of likely N-dealkylation sites (tertiary alicyclic amines) is 1. The molecular formula is C22H22ClN3O3. The predicted molar refractivity (Wildman–Crippen MR) is 110 cm³/mol. The number of nitrogens with zero attached hydrogens (tertiary/aromatic N) is 3. The van der Waals surface area contributed by atoms with Crippen molar-refractivity contribution in [3.63, 3.8) is 0 Å². The summed E-state index contributed by atoms with van der Waals surface area (Å²) in [5.74, 6) is 1.85. The van der Waals surface area contributed by atoms with E-state index < -0.39 is 0 Å². The minimum atomic E-state index is -0.180. The van der Waals surface area contributed by atoms with Gasteiger partial charge < -0.3 is 14.2 Å². The minimum absolute atomic E-state index is 0.0842. The first kappa shape index (κ1) is 19.5. The summed E-state index contributed by atoms with van der Waals surface area (Å²) in [6.07, 6.45) is 2.77. The van der Waals surface area contributed by atoms with Crippen LogP contribution in [-0.4, -0.2) is 34.6 Å². The number of rotatable bonds is 6. The summed E-state index contributed by atoms with van der Waals surface area (Å²) >= 11 is 6.05. The highest BCUT2D eigenvalue weighted by molar-refractivity contribution is 6.30. The topological polar surface area (TPSA) is 68.5 Å². The minimum Gasteiger partial charge on any atom is -0.496 e. The first-order chi connectivity index (χ1) is 14.2. The van der Waals surface area contributed by atoms with Gasteiger partial charge in [0.25, 0.3) is 0 Å². The largest absolute Gasteiger partial charge is 0.496 e. The Morgan fingerprint density at radius 1 is 1.28 bits per heavy atom. The fourth-order valence-corrected chi connectivity index (χ4v) is 3.92. The van der Waals surface area contributed by atoms with Gasteiger partial charge in [-0.25, -0.2) is 0 Å². The van der Waals surface area contributed by atoms with Gasteiger partial charge in [-0.2, -0.15) is 4.98 Å². The molecule has 7 heteroatoms. The molecule has 0 saturated carbocycles. The Morgan fingerprint density at radius 2 is 2.14 bits per heavy atom. The van der Waals surface area contributed by atoms with Crippen LogP contribution in [0.2, 0.25) is 5.02 Å². The number of aromatic nitrogens is 2. The Labute approximate surface area is 174 Å². The lowest BCUT2D eigenvalue weighted by molar-refractivity contribution is -0.132. The van der Waals surface area contributed by atoms with E-state index >= 15 is 0 Å². The molecule has 3 aromatic rings. The molecule has 1 amide bonds. The summed E-state index contributed by atoms with van der Waals surface area (Å²) < 4.78 is 10.9. The van der Waals surface area contributed by atoms with Crippen LogP contribution in [0.15, 0.2) is 53.1 Å². The molecule has 0 N–H and O–H groups in total. The number of halogens is 1. The van der Waals surface area contributed by atoms with E-state index in [1.54, 1.807) is 19.2 Å². The summed E-state index contributed by atoms with van der Waals surface area (Å²) in [6.45, 7) is 0.699. The molecular weight excluding hydrogens is 390 g/mol. The van der Waals surface area contributed by atoms with Gasteiger partial charge in [0, 0.05) is 23.6 Å². The van der Waals surface area contributed by atoms with Crippen LogP contribution in [0.4, 0.5) is 0 Å². The zero-order valence-electron chi connectivity index (χ0n) is 16.2. The molecule has 4 rings (SSSR count). The number of hydrogen-bond donors (Lipinski definition) is 0. The summed E-state index contributed by atoms with van der Waals surface area (Å²) in [4.78, 5) is 19.3. The van der Waals surface area contributed by atoms with Crippen molar-refractivity contribution in [2.24, 2.45) is 0 Å². The van der Waals surface area contributed by atoms with Crippen molar-refractivity contribution in [3.05, 3.63) is 65.0 Å². The van der Waals surface area contributed by atoms with Gasteiger partial charge in [0.05, 0.1) is 7.11 Å². The highest BCUT2D eigenvalue weighted by Gasteiger charge is 2.33. The molecule has 150 valence electrons. The van der Waals surface area contributed by atoms with Crippen molar-refractivity contribution in [1.82, 2.24) is 15.0 Å². The van der Waals surface area contributed by atoms with Gasteiger partial charge in [0.1, 0.15) is 11.8 Å². The molecule has 29 heavy (non-hydrogen) atoms. The van der Waals surface area contributed by atoms with Gasteiger partial charge in [-0.15, -0.1) is 0 Å². The summed E-state index contributed by atoms with van der Waals surface area (Å²) in [7, 11) is 1.64. The molecule has 1 atom stereocenters. The number of carbonyl (C=O) groups excluding carboxylic acids is 1. The van der Waals surface area contributed by atoms with Crippen LogP contribution >= 0.6 is 11.6 Å². The fraction of sp³-hybridized carbons (Fsp3) is 0.318. The molecule has 0 aliphatic carbocycles. The molecule has 6 nitrogen and oxygen atoms in total. The van der Waals surface area contributed by atoms with Crippen LogP contribution < -0.4 is 4.74 Å². The molecule has 2 aromatic carbocycles. The number of aryl methyl sites for hydroxylation is 1. The van der Waals surface area contributed by atoms with Gasteiger partial charge in [-0.1, -0.05) is 47.1 Å². The Hall–Kier alpha value is -2.86. The van der Waals surface area contributed by atoms with E-state index in [2.05, 4.69) is 10.1 Å². The number of hydrogen-bond acceptors (Lipinski definition) is 5. The molecule has 1 fully saturated rings. The maximum Gasteiger partial charge on any atom is 0.249 e. The average molecular weight is 412 g/mol. The quantitative estimate of drug-likeness (QED) is 0.588. The molecule has 1 saturated heterocycles. The highest BCUT2D eigenvalue weighted by Crippen LogP contribution is 2.33. The molecule has 2 heterocycles. The van der Waals surface area contributed by atoms with E-state index in [1.807, 2.05) is 41.3 Å². The summed E-state index contributed by atoms with van der Waals surface area (Å²) in [5, 5.41) is 4.70. The van der Waals surface area contributed by atoms with E-state index in [-0.39, 0.29) is 11.9 Å². The van der Waals surface area contributed by atoms with Crippen LogP contribution in [-0.2, 0) is 11.2 Å². The van der Waals surface area contributed by atoms with Crippen molar-refractivity contribution in [1.29, 1.82) is 0 Å². The van der Waals surface area contributed by atoms with Gasteiger partial charge in [0.2, 0.25) is 17.6 Å². The first-order valence-electron chi connectivity index (χ1n) is 9.66. The van der Waals surface area contributed by atoms with Crippen molar-refractivity contribution in [2.75, 3.05) is 13.7 Å². The Morgan fingerprint density at radius 3 is 2.97 bits per heavy atom. The molecule has 1 aliphatic rings. The Bertz CT molecular complexity index is 1000. The zero-order valence-corrected chi connectivity index (χ0v) is 16.9. The highest BCUT2D eigenvalue weighted by atomic mass is 35.5. The fourth-order valence-electron chi connectivity index (χ4n) is 3.73. The van der Waals surface area contributed by atoms with Crippen LogP contribution in [0.1, 0.15) is 36.8 Å². The summed E-state index contributed by atoms with van der Waals surface area (Å²) in [5.41, 5.74) is 1.82. The van der Waals surface area contributed by atoms with Crippen LogP contribution in [0.25, 0.3) is 11.4 Å². The molecule has 0 radical (unpaired) electrons. The van der Waals surface area contributed by atoms with Gasteiger partial charge in [0.15, 0.2) is 0 Å². The maximum absolute atomic E-state index is 12.9. The third kappa shape index (κ3) is 4.27. The first-order valence-corrected chi connectivity index (χ1v) is 10.0. The smallest absolute Gasteiger partial charge is 0.249 e. The summed E-state index contributed by atoms with van der Waals surface area (Å²) in [6, 6.07) is 14.9. The number of amides is 1. The Kier molecular flexibility index (Phi) is 5.81. The lowest BCUT2D eigenvalue weighted by Crippen LogP contribution is -2.30. The third-order valence-electron chi connectivity index (χ3n) is 5.18. The van der Waals surface area contributed by atoms with Gasteiger partial charge in [-0.05, 0) is 43.0 Å². The number of carbonyl (C=O) groups is 1. The molecule has 1 aliphatic heterocycles. The van der Waals surface area contributed by atoms with Crippen LogP contribution in [0.3, 0.4) is 0 Å². The average Bonchev–Trinajstić information content (AvgIpc) is 3.41. The number of para-hydroxylation sites is 1. The van der Waals surface area contributed by atoms with Crippen molar-refractivity contribution in [3.8, 4) is 17.1 Å². The zero-order chi connectivity index (χ0) is 20.2. The monoisotopic (exact) mass is 411 g/mol. The van der Waals surface area contributed by atoms with Crippen LogP contribution in [0.5, 0.6) is 5.75 Å². The van der Waals surface area contributed by atoms with E-state index in [0.29, 0.717) is 36.1 Å². The lowest BCUT2D eigenvalue weighted by Gasteiger charge is -2.22.